The molecule has 0 saturated carbocycles. The predicted molar refractivity (Wildman–Crippen MR) is 106 cm³/mol. The Bertz CT molecular complexity index is 967. The predicted octanol–water partition coefficient (Wildman–Crippen LogP) is 3.54. The van der Waals surface area contributed by atoms with Crippen LogP contribution in [-0.2, 0) is 10.0 Å². The van der Waals surface area contributed by atoms with Gasteiger partial charge in [0.1, 0.15) is 0 Å². The Morgan fingerprint density at radius 3 is 2.37 bits per heavy atom. The zero-order valence-corrected chi connectivity index (χ0v) is 16.6. The fourth-order valence-corrected chi connectivity index (χ4v) is 4.79. The molecule has 0 radical (unpaired) electrons. The summed E-state index contributed by atoms with van der Waals surface area (Å²) in [4.78, 5) is 12.4. The molecule has 2 aromatic rings. The summed E-state index contributed by atoms with van der Waals surface area (Å²) in [5.41, 5.74) is 3.03. The molecule has 9 heteroatoms. The summed E-state index contributed by atoms with van der Waals surface area (Å²) in [6.07, 6.45) is 3.03. The molecule has 3 rings (SSSR count). The van der Waals surface area contributed by atoms with E-state index in [2.05, 4.69) is 10.5 Å². The van der Waals surface area contributed by atoms with Gasteiger partial charge in [-0.05, 0) is 43.2 Å². The number of hydrazone groups is 1. The topological polar surface area (TPSA) is 78.8 Å². The number of halogens is 2. The fraction of sp³-hybridized carbons (Fsp3) is 0.222. The molecule has 1 saturated heterocycles. The SMILES string of the molecule is O=C(NN=Cc1c(Cl)cccc1Cl)c1cccc(S(=O)(=O)N2CCCC2)c1. The molecular formula is C18H17Cl2N3O3S. The molecule has 1 heterocycles. The lowest BCUT2D eigenvalue weighted by atomic mass is 10.2. The highest BCUT2D eigenvalue weighted by atomic mass is 35.5. The average Bonchev–Trinajstić information content (AvgIpc) is 3.20. The molecule has 0 aliphatic carbocycles. The lowest BCUT2D eigenvalue weighted by Crippen LogP contribution is -2.28. The van der Waals surface area contributed by atoms with Crippen LogP contribution in [0.5, 0.6) is 0 Å². The van der Waals surface area contributed by atoms with E-state index < -0.39 is 15.9 Å². The zero-order chi connectivity index (χ0) is 19.4. The maximum absolute atomic E-state index is 12.6. The van der Waals surface area contributed by atoms with Crippen molar-refractivity contribution in [1.82, 2.24) is 9.73 Å². The van der Waals surface area contributed by atoms with Gasteiger partial charge in [-0.15, -0.1) is 0 Å². The molecule has 1 amide bonds. The molecule has 0 spiro atoms. The van der Waals surface area contributed by atoms with E-state index in [-0.39, 0.29) is 10.5 Å². The van der Waals surface area contributed by atoms with Crippen molar-refractivity contribution < 1.29 is 13.2 Å². The van der Waals surface area contributed by atoms with Gasteiger partial charge in [-0.3, -0.25) is 4.79 Å². The Morgan fingerprint density at radius 1 is 1.07 bits per heavy atom. The number of carbonyl (C=O) groups is 1. The molecule has 1 aliphatic rings. The van der Waals surface area contributed by atoms with E-state index in [9.17, 15) is 13.2 Å². The zero-order valence-electron chi connectivity index (χ0n) is 14.2. The minimum absolute atomic E-state index is 0.0928. The van der Waals surface area contributed by atoms with E-state index in [1.807, 2.05) is 0 Å². The van der Waals surface area contributed by atoms with Gasteiger partial charge in [0.2, 0.25) is 10.0 Å². The molecule has 142 valence electrons. The molecule has 0 unspecified atom stereocenters. The molecular weight excluding hydrogens is 409 g/mol. The van der Waals surface area contributed by atoms with E-state index >= 15 is 0 Å². The van der Waals surface area contributed by atoms with Crippen molar-refractivity contribution in [1.29, 1.82) is 0 Å². The first-order chi connectivity index (χ1) is 12.9. The summed E-state index contributed by atoms with van der Waals surface area (Å²) in [7, 11) is -3.59. The van der Waals surface area contributed by atoms with E-state index in [1.54, 1.807) is 18.2 Å². The van der Waals surface area contributed by atoms with Gasteiger partial charge in [-0.2, -0.15) is 9.41 Å². The number of rotatable bonds is 5. The van der Waals surface area contributed by atoms with Crippen LogP contribution in [0.4, 0.5) is 0 Å². The standard InChI is InChI=1S/C18H17Cl2N3O3S/c19-16-7-4-8-17(20)15(16)12-21-22-18(24)13-5-3-6-14(11-13)27(25,26)23-9-1-2-10-23/h3-8,11-12H,1-2,9-10H2,(H,22,24). The molecule has 0 atom stereocenters. The van der Waals surface area contributed by atoms with Crippen molar-refractivity contribution in [2.24, 2.45) is 5.10 Å². The Morgan fingerprint density at radius 2 is 1.70 bits per heavy atom. The van der Waals surface area contributed by atoms with Gasteiger partial charge in [0, 0.05) is 24.2 Å². The average molecular weight is 426 g/mol. The molecule has 2 aromatic carbocycles. The van der Waals surface area contributed by atoms with Crippen LogP contribution in [0, 0.1) is 0 Å². The number of sulfonamides is 1. The maximum Gasteiger partial charge on any atom is 0.271 e. The van der Waals surface area contributed by atoms with Crippen molar-refractivity contribution in [3.63, 3.8) is 0 Å². The van der Waals surface area contributed by atoms with Gasteiger partial charge in [0.25, 0.3) is 5.91 Å². The second-order valence-electron chi connectivity index (χ2n) is 5.97. The lowest BCUT2D eigenvalue weighted by molar-refractivity contribution is 0.0955. The first kappa shape index (κ1) is 19.8. The van der Waals surface area contributed by atoms with E-state index in [1.165, 1.54) is 34.8 Å². The molecule has 0 aromatic heterocycles. The van der Waals surface area contributed by atoms with Crippen LogP contribution >= 0.6 is 23.2 Å². The molecule has 27 heavy (non-hydrogen) atoms. The van der Waals surface area contributed by atoms with Crippen LogP contribution < -0.4 is 5.43 Å². The molecule has 0 bridgehead atoms. The summed E-state index contributed by atoms with van der Waals surface area (Å²) >= 11 is 12.1. The quantitative estimate of drug-likeness (QED) is 0.587. The van der Waals surface area contributed by atoms with Gasteiger partial charge in [0.05, 0.1) is 21.2 Å². The van der Waals surface area contributed by atoms with Gasteiger partial charge < -0.3 is 0 Å². The number of hydrogen-bond acceptors (Lipinski definition) is 4. The van der Waals surface area contributed by atoms with Crippen molar-refractivity contribution >= 4 is 45.3 Å². The van der Waals surface area contributed by atoms with Crippen LogP contribution in [-0.4, -0.2) is 37.9 Å². The van der Waals surface area contributed by atoms with E-state index in [4.69, 9.17) is 23.2 Å². The first-order valence-electron chi connectivity index (χ1n) is 8.27. The first-order valence-corrected chi connectivity index (χ1v) is 10.5. The van der Waals surface area contributed by atoms with Crippen LogP contribution in [0.15, 0.2) is 52.5 Å². The number of amides is 1. The highest BCUT2D eigenvalue weighted by Crippen LogP contribution is 2.23. The fourth-order valence-electron chi connectivity index (χ4n) is 2.73. The normalized spacial score (nSPS) is 15.3. The second kappa shape index (κ2) is 8.39. The van der Waals surface area contributed by atoms with Crippen LogP contribution in [0.1, 0.15) is 28.8 Å². The van der Waals surface area contributed by atoms with Gasteiger partial charge >= 0.3 is 0 Å². The summed E-state index contributed by atoms with van der Waals surface area (Å²) in [6, 6.07) is 10.9. The van der Waals surface area contributed by atoms with Gasteiger partial charge in [-0.25, -0.2) is 13.8 Å². The second-order valence-corrected chi connectivity index (χ2v) is 8.73. The minimum atomic E-state index is -3.59. The summed E-state index contributed by atoms with van der Waals surface area (Å²) in [6.45, 7) is 1.00. The van der Waals surface area contributed by atoms with Gasteiger partial charge in [-0.1, -0.05) is 35.3 Å². The lowest BCUT2D eigenvalue weighted by Gasteiger charge is -2.15. The Balaban J connectivity index is 1.75. The van der Waals surface area contributed by atoms with Crippen molar-refractivity contribution in [2.75, 3.05) is 13.1 Å². The smallest absolute Gasteiger partial charge is 0.267 e. The number of benzene rings is 2. The van der Waals surface area contributed by atoms with Crippen LogP contribution in [0.25, 0.3) is 0 Å². The summed E-state index contributed by atoms with van der Waals surface area (Å²) in [5, 5.41) is 4.66. The highest BCUT2D eigenvalue weighted by Gasteiger charge is 2.27. The van der Waals surface area contributed by atoms with Crippen molar-refractivity contribution in [3.05, 3.63) is 63.6 Å². The van der Waals surface area contributed by atoms with Crippen molar-refractivity contribution in [3.8, 4) is 0 Å². The highest BCUT2D eigenvalue weighted by molar-refractivity contribution is 7.89. The van der Waals surface area contributed by atoms with E-state index in [0.29, 0.717) is 28.7 Å². The number of hydrogen-bond donors (Lipinski definition) is 1. The third-order valence-corrected chi connectivity index (χ3v) is 6.71. The molecule has 1 N–H and O–H groups in total. The molecule has 6 nitrogen and oxygen atoms in total. The number of carbonyl (C=O) groups excluding carboxylic acids is 1. The summed E-state index contributed by atoms with van der Waals surface area (Å²) < 4.78 is 26.7. The van der Waals surface area contributed by atoms with E-state index in [0.717, 1.165) is 12.8 Å². The Labute approximate surface area is 167 Å². The maximum atomic E-state index is 12.6. The molecule has 1 aliphatic heterocycles. The van der Waals surface area contributed by atoms with Crippen LogP contribution in [0.2, 0.25) is 10.0 Å². The number of nitrogens with one attached hydrogen (secondary N) is 1. The monoisotopic (exact) mass is 425 g/mol. The Kier molecular flexibility index (Phi) is 6.16. The summed E-state index contributed by atoms with van der Waals surface area (Å²) in [5.74, 6) is -0.534. The third kappa shape index (κ3) is 4.50. The third-order valence-electron chi connectivity index (χ3n) is 4.16. The van der Waals surface area contributed by atoms with Crippen molar-refractivity contribution in [2.45, 2.75) is 17.7 Å². The number of nitrogens with zero attached hydrogens (tertiary/aromatic N) is 2. The Hall–Kier alpha value is -1.93. The molecule has 1 fully saturated rings. The largest absolute Gasteiger partial charge is 0.271 e. The van der Waals surface area contributed by atoms with Gasteiger partial charge in [0.15, 0.2) is 0 Å². The van der Waals surface area contributed by atoms with Crippen LogP contribution in [0.3, 0.4) is 0 Å². The minimum Gasteiger partial charge on any atom is -0.267 e.